The molecular formula is C14H19N5S. The molecule has 0 aliphatic carbocycles. The first kappa shape index (κ1) is 13.4. The van der Waals surface area contributed by atoms with E-state index in [9.17, 15) is 0 Å². The van der Waals surface area contributed by atoms with E-state index >= 15 is 0 Å². The maximum Gasteiger partial charge on any atom is 0.176 e. The second-order valence-corrected chi connectivity index (χ2v) is 6.76. The summed E-state index contributed by atoms with van der Waals surface area (Å²) in [5, 5.41) is 13.8. The highest BCUT2D eigenvalue weighted by Gasteiger charge is 2.18. The molecule has 20 heavy (non-hydrogen) atoms. The zero-order chi connectivity index (χ0) is 14.1. The van der Waals surface area contributed by atoms with Crippen molar-refractivity contribution in [2.45, 2.75) is 26.0 Å². The van der Waals surface area contributed by atoms with Crippen molar-refractivity contribution < 1.29 is 0 Å². The predicted molar refractivity (Wildman–Crippen MR) is 82.8 cm³/mol. The van der Waals surface area contributed by atoms with Crippen molar-refractivity contribution in [3.05, 3.63) is 29.6 Å². The first-order valence-electron chi connectivity index (χ1n) is 6.87. The number of aryl methyl sites for hydroxylation is 2. The molecule has 0 unspecified atom stereocenters. The van der Waals surface area contributed by atoms with Gasteiger partial charge in [0.1, 0.15) is 0 Å². The van der Waals surface area contributed by atoms with Crippen molar-refractivity contribution in [1.29, 1.82) is 0 Å². The van der Waals surface area contributed by atoms with E-state index in [1.807, 2.05) is 48.5 Å². The summed E-state index contributed by atoms with van der Waals surface area (Å²) in [6.45, 7) is 8.35. The van der Waals surface area contributed by atoms with Crippen molar-refractivity contribution in [3.8, 4) is 5.82 Å². The second-order valence-electron chi connectivity index (χ2n) is 5.22. The molecule has 0 amide bonds. The fourth-order valence-electron chi connectivity index (χ4n) is 2.49. The van der Waals surface area contributed by atoms with Crippen molar-refractivity contribution in [1.82, 2.24) is 20.0 Å². The molecule has 0 spiro atoms. The summed E-state index contributed by atoms with van der Waals surface area (Å²) in [5.41, 5.74) is 2.07. The van der Waals surface area contributed by atoms with Crippen LogP contribution < -0.4 is 4.90 Å². The van der Waals surface area contributed by atoms with Crippen LogP contribution in [0.15, 0.2) is 18.2 Å². The maximum atomic E-state index is 4.43. The SMILES string of the molecule is Cc1cc(C)n(-c2ccc(N3CCS[C@@H](C)C3)nn2)n1. The number of hydrogen-bond acceptors (Lipinski definition) is 5. The van der Waals surface area contributed by atoms with Gasteiger partial charge in [-0.15, -0.1) is 10.2 Å². The summed E-state index contributed by atoms with van der Waals surface area (Å²) >= 11 is 2.02. The van der Waals surface area contributed by atoms with Gasteiger partial charge in [-0.2, -0.15) is 16.9 Å². The fraction of sp³-hybridized carbons (Fsp3) is 0.500. The zero-order valence-electron chi connectivity index (χ0n) is 12.1. The third-order valence-corrected chi connectivity index (χ3v) is 4.56. The van der Waals surface area contributed by atoms with Crippen LogP contribution in [0.3, 0.4) is 0 Å². The molecule has 106 valence electrons. The molecular weight excluding hydrogens is 270 g/mol. The van der Waals surface area contributed by atoms with Gasteiger partial charge in [-0.25, -0.2) is 4.68 Å². The van der Waals surface area contributed by atoms with Gasteiger partial charge in [0.2, 0.25) is 0 Å². The smallest absolute Gasteiger partial charge is 0.176 e. The fourth-order valence-corrected chi connectivity index (χ4v) is 3.50. The highest BCUT2D eigenvalue weighted by molar-refractivity contribution is 8.00. The molecule has 0 aromatic carbocycles. The van der Waals surface area contributed by atoms with Crippen LogP contribution in [0.4, 0.5) is 5.82 Å². The molecule has 5 nitrogen and oxygen atoms in total. The lowest BCUT2D eigenvalue weighted by molar-refractivity contribution is 0.741. The third kappa shape index (κ3) is 2.65. The lowest BCUT2D eigenvalue weighted by Gasteiger charge is -2.31. The molecule has 0 radical (unpaired) electrons. The van der Waals surface area contributed by atoms with Gasteiger partial charge in [0, 0.05) is 29.8 Å². The monoisotopic (exact) mass is 289 g/mol. The molecule has 2 aromatic heterocycles. The number of nitrogens with zero attached hydrogens (tertiary/aromatic N) is 5. The van der Waals surface area contributed by atoms with E-state index in [0.29, 0.717) is 5.25 Å². The van der Waals surface area contributed by atoms with E-state index < -0.39 is 0 Å². The Kier molecular flexibility index (Phi) is 3.65. The second kappa shape index (κ2) is 5.44. The molecule has 1 saturated heterocycles. The Morgan fingerprint density at radius 1 is 1.20 bits per heavy atom. The Labute approximate surface area is 123 Å². The van der Waals surface area contributed by atoms with E-state index in [-0.39, 0.29) is 0 Å². The van der Waals surface area contributed by atoms with Crippen LogP contribution in [0.1, 0.15) is 18.3 Å². The molecule has 1 aliphatic heterocycles. The Morgan fingerprint density at radius 2 is 1.95 bits per heavy atom. The lowest BCUT2D eigenvalue weighted by atomic mass is 10.3. The Hall–Kier alpha value is -1.56. The number of thioether (sulfide) groups is 1. The van der Waals surface area contributed by atoms with Gasteiger partial charge < -0.3 is 4.90 Å². The quantitative estimate of drug-likeness (QED) is 0.848. The summed E-state index contributed by atoms with van der Waals surface area (Å²) in [6.07, 6.45) is 0. The molecule has 2 aromatic rings. The number of hydrogen-bond donors (Lipinski definition) is 0. The minimum absolute atomic E-state index is 0.654. The van der Waals surface area contributed by atoms with Gasteiger partial charge in [-0.1, -0.05) is 6.92 Å². The summed E-state index contributed by atoms with van der Waals surface area (Å²) in [4.78, 5) is 2.30. The van der Waals surface area contributed by atoms with Gasteiger partial charge in [0.15, 0.2) is 11.6 Å². The van der Waals surface area contributed by atoms with Crippen LogP contribution in [0.2, 0.25) is 0 Å². The number of rotatable bonds is 2. The number of aromatic nitrogens is 4. The van der Waals surface area contributed by atoms with Crippen molar-refractivity contribution in [2.24, 2.45) is 0 Å². The first-order chi connectivity index (χ1) is 9.63. The molecule has 1 atom stereocenters. The molecule has 3 heterocycles. The van der Waals surface area contributed by atoms with Crippen LogP contribution >= 0.6 is 11.8 Å². The van der Waals surface area contributed by atoms with Gasteiger partial charge in [0.25, 0.3) is 0 Å². The Morgan fingerprint density at radius 3 is 2.55 bits per heavy atom. The molecule has 1 aliphatic rings. The average Bonchev–Trinajstić information content (AvgIpc) is 2.78. The molecule has 0 N–H and O–H groups in total. The van der Waals surface area contributed by atoms with Crippen molar-refractivity contribution in [2.75, 3.05) is 23.7 Å². The minimum atomic E-state index is 0.654. The highest BCUT2D eigenvalue weighted by atomic mass is 32.2. The summed E-state index contributed by atoms with van der Waals surface area (Å²) in [7, 11) is 0. The lowest BCUT2D eigenvalue weighted by Crippen LogP contribution is -2.37. The molecule has 0 saturated carbocycles. The topological polar surface area (TPSA) is 46.8 Å². The van der Waals surface area contributed by atoms with Crippen LogP contribution in [-0.2, 0) is 0 Å². The molecule has 3 rings (SSSR count). The van der Waals surface area contributed by atoms with Gasteiger partial charge in [-0.05, 0) is 32.0 Å². The average molecular weight is 289 g/mol. The normalized spacial score (nSPS) is 19.4. The minimum Gasteiger partial charge on any atom is -0.353 e. The standard InChI is InChI=1S/C14H19N5S/c1-10-8-11(2)19(17-10)14-5-4-13(15-16-14)18-6-7-20-12(3)9-18/h4-5,8,12H,6-7,9H2,1-3H3/t12-/m0/s1. The largest absolute Gasteiger partial charge is 0.353 e. The highest BCUT2D eigenvalue weighted by Crippen LogP contribution is 2.22. The van der Waals surface area contributed by atoms with E-state index in [0.717, 1.165) is 41.9 Å². The van der Waals surface area contributed by atoms with Crippen LogP contribution in [0, 0.1) is 13.8 Å². The van der Waals surface area contributed by atoms with Crippen LogP contribution in [0.25, 0.3) is 5.82 Å². The predicted octanol–water partition coefficient (Wildman–Crippen LogP) is 2.22. The van der Waals surface area contributed by atoms with Gasteiger partial charge >= 0.3 is 0 Å². The summed E-state index contributed by atoms with van der Waals surface area (Å²) < 4.78 is 1.83. The molecule has 1 fully saturated rings. The first-order valence-corrected chi connectivity index (χ1v) is 7.92. The van der Waals surface area contributed by atoms with E-state index in [1.165, 1.54) is 0 Å². The summed E-state index contributed by atoms with van der Waals surface area (Å²) in [5.74, 6) is 2.89. The van der Waals surface area contributed by atoms with E-state index in [1.54, 1.807) is 0 Å². The maximum absolute atomic E-state index is 4.43. The van der Waals surface area contributed by atoms with Crippen LogP contribution in [0.5, 0.6) is 0 Å². The van der Waals surface area contributed by atoms with E-state index in [2.05, 4.69) is 27.1 Å². The van der Waals surface area contributed by atoms with E-state index in [4.69, 9.17) is 0 Å². The van der Waals surface area contributed by atoms with Crippen LogP contribution in [-0.4, -0.2) is 44.1 Å². The Balaban J connectivity index is 1.82. The summed E-state index contributed by atoms with van der Waals surface area (Å²) in [6, 6.07) is 6.08. The zero-order valence-corrected chi connectivity index (χ0v) is 12.9. The third-order valence-electron chi connectivity index (χ3n) is 3.43. The van der Waals surface area contributed by atoms with Gasteiger partial charge in [0.05, 0.1) is 5.69 Å². The Bertz CT molecular complexity index is 592. The van der Waals surface area contributed by atoms with Crippen molar-refractivity contribution in [3.63, 3.8) is 0 Å². The van der Waals surface area contributed by atoms with Crippen molar-refractivity contribution >= 4 is 17.6 Å². The molecule has 0 bridgehead atoms. The molecule has 6 heteroatoms. The van der Waals surface area contributed by atoms with Gasteiger partial charge in [-0.3, -0.25) is 0 Å². The number of anilines is 1.